The number of hydrogen-bond acceptors (Lipinski definition) is 3. The average Bonchev–Trinajstić information content (AvgIpc) is 2.96. The van der Waals surface area contributed by atoms with E-state index in [-0.39, 0.29) is 24.8 Å². The molecule has 144 valence electrons. The fourth-order valence-electron chi connectivity index (χ4n) is 2.91. The number of rotatable bonds is 9. The summed E-state index contributed by atoms with van der Waals surface area (Å²) >= 11 is 0. The molecule has 1 atom stereocenters. The van der Waals surface area contributed by atoms with E-state index >= 15 is 0 Å². The van der Waals surface area contributed by atoms with Gasteiger partial charge < -0.3 is 15.4 Å². The molecular weight excluding hydrogens is 348 g/mol. The van der Waals surface area contributed by atoms with Crippen LogP contribution in [0.3, 0.4) is 0 Å². The SMILES string of the molecule is Cc1ccc(CCCC(=O)c2ccc(CC[C@@](C)(N)CO)n2C)cc1.Cl. The van der Waals surface area contributed by atoms with E-state index in [0.717, 1.165) is 30.7 Å². The number of ketones is 1. The molecule has 0 bridgehead atoms. The minimum atomic E-state index is -0.581. The number of nitrogens with zero attached hydrogens (tertiary/aromatic N) is 1. The number of Topliss-reactive ketones (excluding diaryl/α,β-unsaturated/α-hetero) is 1. The van der Waals surface area contributed by atoms with Crippen molar-refractivity contribution in [2.75, 3.05) is 6.61 Å². The van der Waals surface area contributed by atoms with Gasteiger partial charge in [-0.2, -0.15) is 0 Å². The van der Waals surface area contributed by atoms with Gasteiger partial charge in [0.2, 0.25) is 0 Å². The molecule has 0 aliphatic carbocycles. The lowest BCUT2D eigenvalue weighted by atomic mass is 9.97. The lowest BCUT2D eigenvalue weighted by Crippen LogP contribution is -2.40. The summed E-state index contributed by atoms with van der Waals surface area (Å²) in [7, 11) is 1.93. The zero-order valence-electron chi connectivity index (χ0n) is 16.0. The molecule has 0 saturated carbocycles. The predicted octanol–water partition coefficient (Wildman–Crippen LogP) is 3.60. The Kier molecular flexibility index (Phi) is 8.54. The number of hydrogen-bond donors (Lipinski definition) is 2. The van der Waals surface area contributed by atoms with E-state index in [1.54, 1.807) is 0 Å². The van der Waals surface area contributed by atoms with Crippen LogP contribution in [0.4, 0.5) is 0 Å². The Morgan fingerprint density at radius 2 is 1.81 bits per heavy atom. The second-order valence-electron chi connectivity index (χ2n) is 7.34. The Morgan fingerprint density at radius 1 is 1.15 bits per heavy atom. The maximum Gasteiger partial charge on any atom is 0.179 e. The van der Waals surface area contributed by atoms with Gasteiger partial charge in [0.25, 0.3) is 0 Å². The van der Waals surface area contributed by atoms with Crippen LogP contribution in [-0.4, -0.2) is 27.6 Å². The van der Waals surface area contributed by atoms with Crippen LogP contribution in [0.2, 0.25) is 0 Å². The first-order valence-electron chi connectivity index (χ1n) is 8.95. The lowest BCUT2D eigenvalue weighted by Gasteiger charge is -2.21. The van der Waals surface area contributed by atoms with E-state index in [4.69, 9.17) is 5.73 Å². The largest absolute Gasteiger partial charge is 0.394 e. The zero-order chi connectivity index (χ0) is 18.4. The van der Waals surface area contributed by atoms with E-state index < -0.39 is 5.54 Å². The van der Waals surface area contributed by atoms with Gasteiger partial charge in [-0.15, -0.1) is 12.4 Å². The topological polar surface area (TPSA) is 68.2 Å². The van der Waals surface area contributed by atoms with E-state index in [1.165, 1.54) is 11.1 Å². The van der Waals surface area contributed by atoms with Crippen molar-refractivity contribution in [1.29, 1.82) is 0 Å². The molecule has 0 aliphatic heterocycles. The summed E-state index contributed by atoms with van der Waals surface area (Å²) in [6.45, 7) is 3.88. The van der Waals surface area contributed by atoms with Gasteiger partial charge in [0, 0.05) is 24.7 Å². The molecule has 26 heavy (non-hydrogen) atoms. The zero-order valence-corrected chi connectivity index (χ0v) is 16.8. The molecule has 1 aromatic heterocycles. The van der Waals surface area contributed by atoms with Crippen molar-refractivity contribution in [1.82, 2.24) is 4.57 Å². The van der Waals surface area contributed by atoms with Crippen molar-refractivity contribution in [2.45, 2.75) is 51.5 Å². The van der Waals surface area contributed by atoms with Gasteiger partial charge in [-0.1, -0.05) is 29.8 Å². The molecule has 0 spiro atoms. The Bertz CT molecular complexity index is 705. The van der Waals surface area contributed by atoms with Crippen LogP contribution in [0, 0.1) is 6.92 Å². The molecule has 0 radical (unpaired) electrons. The van der Waals surface area contributed by atoms with E-state index in [2.05, 4.69) is 31.2 Å². The number of halogens is 1. The molecule has 0 amide bonds. The molecule has 3 N–H and O–H groups in total. The number of aliphatic hydroxyl groups is 1. The molecule has 0 fully saturated rings. The fraction of sp³-hybridized carbons (Fsp3) is 0.476. The molecule has 0 aliphatic rings. The standard InChI is InChI=1S/C21H30N2O2.ClH/c1-16-7-9-17(10-8-16)5-4-6-20(25)19-12-11-18(23(19)3)13-14-21(2,22)15-24;/h7-12,24H,4-6,13-15,22H2,1-3H3;1H/t21-;/m1./s1. The third-order valence-electron chi connectivity index (χ3n) is 4.81. The quantitative estimate of drug-likeness (QED) is 0.655. The average molecular weight is 379 g/mol. The van der Waals surface area contributed by atoms with Gasteiger partial charge in [-0.25, -0.2) is 0 Å². The van der Waals surface area contributed by atoms with Gasteiger partial charge in [0.1, 0.15) is 0 Å². The minimum Gasteiger partial charge on any atom is -0.394 e. The number of aliphatic hydroxyl groups excluding tert-OH is 1. The van der Waals surface area contributed by atoms with Crippen LogP contribution in [0.5, 0.6) is 0 Å². The predicted molar refractivity (Wildman–Crippen MR) is 109 cm³/mol. The third kappa shape index (κ3) is 6.27. The molecular formula is C21H31ClN2O2. The summed E-state index contributed by atoms with van der Waals surface area (Å²) in [4.78, 5) is 12.5. The molecule has 0 saturated heterocycles. The maximum absolute atomic E-state index is 12.5. The highest BCUT2D eigenvalue weighted by molar-refractivity contribution is 5.94. The van der Waals surface area contributed by atoms with E-state index in [1.807, 2.05) is 30.7 Å². The van der Waals surface area contributed by atoms with Gasteiger partial charge in [0.15, 0.2) is 5.78 Å². The van der Waals surface area contributed by atoms with Crippen molar-refractivity contribution < 1.29 is 9.90 Å². The molecule has 0 unspecified atom stereocenters. The van der Waals surface area contributed by atoms with Crippen LogP contribution in [-0.2, 0) is 19.9 Å². The molecule has 1 heterocycles. The Balaban J connectivity index is 0.00000338. The van der Waals surface area contributed by atoms with Crippen molar-refractivity contribution in [2.24, 2.45) is 12.8 Å². The first-order chi connectivity index (χ1) is 11.8. The highest BCUT2D eigenvalue weighted by Gasteiger charge is 2.19. The lowest BCUT2D eigenvalue weighted by molar-refractivity contribution is 0.0972. The Morgan fingerprint density at radius 3 is 2.42 bits per heavy atom. The highest BCUT2D eigenvalue weighted by atomic mass is 35.5. The van der Waals surface area contributed by atoms with Crippen LogP contribution in [0.1, 0.15) is 53.5 Å². The van der Waals surface area contributed by atoms with Gasteiger partial charge in [-0.3, -0.25) is 4.79 Å². The van der Waals surface area contributed by atoms with E-state index in [9.17, 15) is 9.90 Å². The second-order valence-corrected chi connectivity index (χ2v) is 7.34. The number of benzene rings is 1. The Labute approximate surface area is 162 Å². The Hall–Kier alpha value is -1.62. The summed E-state index contributed by atoms with van der Waals surface area (Å²) in [5.41, 5.74) is 9.76. The number of carbonyl (C=O) groups excluding carboxylic acids is 1. The van der Waals surface area contributed by atoms with Crippen LogP contribution < -0.4 is 5.73 Å². The number of carbonyl (C=O) groups is 1. The molecule has 1 aromatic carbocycles. The first-order valence-corrected chi connectivity index (χ1v) is 8.95. The van der Waals surface area contributed by atoms with Crippen LogP contribution in [0.25, 0.3) is 0 Å². The van der Waals surface area contributed by atoms with Crippen LogP contribution >= 0.6 is 12.4 Å². The molecule has 2 rings (SSSR count). The van der Waals surface area contributed by atoms with Crippen LogP contribution in [0.15, 0.2) is 36.4 Å². The summed E-state index contributed by atoms with van der Waals surface area (Å²) in [5, 5.41) is 9.26. The minimum absolute atomic E-state index is 0. The molecule has 2 aromatic rings. The van der Waals surface area contributed by atoms with Crippen molar-refractivity contribution in [3.63, 3.8) is 0 Å². The number of aromatic nitrogens is 1. The van der Waals surface area contributed by atoms with Gasteiger partial charge >= 0.3 is 0 Å². The summed E-state index contributed by atoms with van der Waals surface area (Å²) in [5.74, 6) is 0.179. The summed E-state index contributed by atoms with van der Waals surface area (Å²) in [6.07, 6.45) is 3.76. The maximum atomic E-state index is 12.5. The monoisotopic (exact) mass is 378 g/mol. The fourth-order valence-corrected chi connectivity index (χ4v) is 2.91. The van der Waals surface area contributed by atoms with Gasteiger partial charge in [-0.05, 0) is 57.2 Å². The smallest absolute Gasteiger partial charge is 0.179 e. The molecule has 5 heteroatoms. The second kappa shape index (κ2) is 9.91. The number of aryl methyl sites for hydroxylation is 3. The van der Waals surface area contributed by atoms with Crippen molar-refractivity contribution >= 4 is 18.2 Å². The summed E-state index contributed by atoms with van der Waals surface area (Å²) in [6, 6.07) is 12.4. The first kappa shape index (κ1) is 22.4. The summed E-state index contributed by atoms with van der Waals surface area (Å²) < 4.78 is 1.96. The highest BCUT2D eigenvalue weighted by Crippen LogP contribution is 2.16. The number of nitrogens with two attached hydrogens (primary N) is 1. The van der Waals surface area contributed by atoms with Crippen molar-refractivity contribution in [3.05, 3.63) is 58.9 Å². The van der Waals surface area contributed by atoms with Gasteiger partial charge in [0.05, 0.1) is 12.3 Å². The normalized spacial score (nSPS) is 13.1. The molecule has 4 nitrogen and oxygen atoms in total. The third-order valence-corrected chi connectivity index (χ3v) is 4.81. The van der Waals surface area contributed by atoms with E-state index in [0.29, 0.717) is 12.8 Å². The van der Waals surface area contributed by atoms with Crippen molar-refractivity contribution in [3.8, 4) is 0 Å².